The van der Waals surface area contributed by atoms with Crippen LogP contribution in [0.3, 0.4) is 0 Å². The van der Waals surface area contributed by atoms with Crippen molar-refractivity contribution in [1.82, 2.24) is 0 Å². The van der Waals surface area contributed by atoms with Crippen molar-refractivity contribution in [2.45, 2.75) is 142 Å². The van der Waals surface area contributed by atoms with Crippen LogP contribution in [-0.4, -0.2) is 50.6 Å². The Kier molecular flexibility index (Phi) is 25.5. The number of rotatable bonds is 22. The van der Waals surface area contributed by atoms with Gasteiger partial charge in [-0.15, -0.1) is 0 Å². The van der Waals surface area contributed by atoms with E-state index in [1.807, 2.05) is 0 Å². The zero-order valence-electron chi connectivity index (χ0n) is 23.3. The molecule has 32 heavy (non-hydrogen) atoms. The molecule has 0 aliphatic carbocycles. The Morgan fingerprint density at radius 1 is 0.344 bits per heavy atom. The first-order valence-corrected chi connectivity index (χ1v) is 14.2. The van der Waals surface area contributed by atoms with Gasteiger partial charge >= 0.3 is 0 Å². The van der Waals surface area contributed by atoms with E-state index in [-0.39, 0.29) is 9.29 Å². The van der Waals surface area contributed by atoms with Crippen molar-refractivity contribution >= 4 is 0 Å². The van der Waals surface area contributed by atoms with Gasteiger partial charge in [-0.3, -0.25) is 0 Å². The van der Waals surface area contributed by atoms with Crippen LogP contribution in [-0.2, 0) is 0 Å². The Morgan fingerprint density at radius 3 is 0.719 bits per heavy atom. The van der Waals surface area contributed by atoms with Crippen LogP contribution in [0.2, 0.25) is 0 Å². The summed E-state index contributed by atoms with van der Waals surface area (Å²) in [6, 6.07) is 0. The Labute approximate surface area is 203 Å². The van der Waals surface area contributed by atoms with Crippen molar-refractivity contribution in [3.05, 3.63) is 10.4 Å². The molecular weight excluding hydrogens is 396 g/mol. The van der Waals surface area contributed by atoms with Crippen molar-refractivity contribution in [2.24, 2.45) is 0 Å². The molecule has 4 nitrogen and oxygen atoms in total. The molecule has 0 heterocycles. The summed E-state index contributed by atoms with van der Waals surface area (Å²) >= 11 is 0. The molecular formula is C28H62N2O2. The van der Waals surface area contributed by atoms with Gasteiger partial charge in [0.25, 0.3) is 0 Å². The van der Waals surface area contributed by atoms with E-state index in [0.29, 0.717) is 0 Å². The van der Waals surface area contributed by atoms with E-state index < -0.39 is 0 Å². The molecule has 0 spiro atoms. The van der Waals surface area contributed by atoms with Gasteiger partial charge < -0.3 is 19.7 Å². The molecule has 0 radical (unpaired) electrons. The molecule has 196 valence electrons. The van der Waals surface area contributed by atoms with E-state index in [2.05, 4.69) is 13.8 Å². The molecule has 0 saturated carbocycles. The van der Waals surface area contributed by atoms with Crippen molar-refractivity contribution in [3.8, 4) is 0 Å². The lowest BCUT2D eigenvalue weighted by Crippen LogP contribution is -2.32. The molecule has 0 aromatic rings. The average molecular weight is 459 g/mol. The minimum Gasteiger partial charge on any atom is -0.633 e. The summed E-state index contributed by atoms with van der Waals surface area (Å²) in [6.45, 7) is 6.07. The van der Waals surface area contributed by atoms with Crippen LogP contribution < -0.4 is 0 Å². The topological polar surface area (TPSA) is 46.1 Å². The molecule has 4 heteroatoms. The van der Waals surface area contributed by atoms with Gasteiger partial charge in [0.05, 0.1) is 41.3 Å². The summed E-state index contributed by atoms with van der Waals surface area (Å²) in [5.74, 6) is 0. The number of hydroxylamine groups is 6. The molecule has 0 rings (SSSR count). The molecule has 0 bridgehead atoms. The molecule has 0 aromatic carbocycles. The van der Waals surface area contributed by atoms with E-state index in [0.717, 1.165) is 25.9 Å². The van der Waals surface area contributed by atoms with Crippen molar-refractivity contribution in [1.29, 1.82) is 0 Å². The lowest BCUT2D eigenvalue weighted by atomic mass is 10.1. The second-order valence-electron chi connectivity index (χ2n) is 11.0. The van der Waals surface area contributed by atoms with Gasteiger partial charge in [-0.1, -0.05) is 117 Å². The standard InChI is InChI=1S/2C14H31NO/c2*1-4-5-6-7-8-9-10-11-12-13-14-15(2,3)16/h2*4-14H2,1-3H3. The molecule has 0 saturated heterocycles. The number of hydrogen-bond donors (Lipinski definition) is 0. The average Bonchev–Trinajstić information content (AvgIpc) is 2.70. The van der Waals surface area contributed by atoms with Crippen molar-refractivity contribution in [2.75, 3.05) is 41.3 Å². The maximum absolute atomic E-state index is 11.3. The van der Waals surface area contributed by atoms with Crippen LogP contribution >= 0.6 is 0 Å². The minimum atomic E-state index is -0.128. The maximum Gasteiger partial charge on any atom is 0.0779 e. The highest BCUT2D eigenvalue weighted by Crippen LogP contribution is 2.12. The summed E-state index contributed by atoms with van der Waals surface area (Å²) < 4.78 is -0.256. The third-order valence-electron chi connectivity index (χ3n) is 6.10. The van der Waals surface area contributed by atoms with Crippen LogP contribution in [0.25, 0.3) is 0 Å². The maximum atomic E-state index is 11.3. The molecule has 0 fully saturated rings. The Hall–Kier alpha value is -0.160. The van der Waals surface area contributed by atoms with Gasteiger partial charge in [-0.05, 0) is 25.7 Å². The summed E-state index contributed by atoms with van der Waals surface area (Å²) in [7, 11) is 6.92. The Balaban J connectivity index is 0. The minimum absolute atomic E-state index is 0.128. The fourth-order valence-electron chi connectivity index (χ4n) is 3.96. The van der Waals surface area contributed by atoms with E-state index in [9.17, 15) is 10.4 Å². The normalized spacial score (nSPS) is 12.0. The second-order valence-corrected chi connectivity index (χ2v) is 11.0. The van der Waals surface area contributed by atoms with Crippen molar-refractivity contribution in [3.63, 3.8) is 0 Å². The molecule has 0 amide bonds. The zero-order valence-corrected chi connectivity index (χ0v) is 23.3. The van der Waals surface area contributed by atoms with E-state index in [1.165, 1.54) is 116 Å². The van der Waals surface area contributed by atoms with Gasteiger partial charge in [0.2, 0.25) is 0 Å². The van der Waals surface area contributed by atoms with E-state index in [1.54, 1.807) is 28.2 Å². The predicted molar refractivity (Wildman–Crippen MR) is 144 cm³/mol. The molecule has 0 unspecified atom stereocenters. The van der Waals surface area contributed by atoms with Gasteiger partial charge in [-0.2, -0.15) is 0 Å². The monoisotopic (exact) mass is 458 g/mol. The van der Waals surface area contributed by atoms with Crippen LogP contribution in [0.5, 0.6) is 0 Å². The number of hydrogen-bond acceptors (Lipinski definition) is 2. The van der Waals surface area contributed by atoms with Crippen LogP contribution in [0.1, 0.15) is 142 Å². The smallest absolute Gasteiger partial charge is 0.0779 e. The van der Waals surface area contributed by atoms with Gasteiger partial charge in [0, 0.05) is 0 Å². The Morgan fingerprint density at radius 2 is 0.531 bits per heavy atom. The first-order chi connectivity index (χ1) is 15.1. The molecule has 0 aliphatic rings. The van der Waals surface area contributed by atoms with Gasteiger partial charge in [0.1, 0.15) is 0 Å². The van der Waals surface area contributed by atoms with Gasteiger partial charge in [0.15, 0.2) is 0 Å². The third-order valence-corrected chi connectivity index (χ3v) is 6.10. The largest absolute Gasteiger partial charge is 0.633 e. The number of quaternary nitrogens is 2. The summed E-state index contributed by atoms with van der Waals surface area (Å²) in [5.41, 5.74) is 0. The van der Waals surface area contributed by atoms with Crippen LogP contribution in [0.15, 0.2) is 0 Å². The first-order valence-electron chi connectivity index (χ1n) is 14.2. The predicted octanol–water partition coefficient (Wildman–Crippen LogP) is 8.96. The highest BCUT2D eigenvalue weighted by Gasteiger charge is 2.01. The van der Waals surface area contributed by atoms with Gasteiger partial charge in [-0.25, -0.2) is 0 Å². The Bertz CT molecular complexity index is 314. The number of unbranched alkanes of at least 4 members (excludes halogenated alkanes) is 18. The van der Waals surface area contributed by atoms with Crippen LogP contribution in [0, 0.1) is 10.4 Å². The second kappa shape index (κ2) is 24.0. The lowest BCUT2D eigenvalue weighted by molar-refractivity contribution is -0.840. The highest BCUT2D eigenvalue weighted by atomic mass is 16.5. The zero-order chi connectivity index (χ0) is 24.6. The quantitative estimate of drug-likeness (QED) is 0.0923. The summed E-state index contributed by atoms with van der Waals surface area (Å²) in [6.07, 6.45) is 26.7. The SMILES string of the molecule is CCCCCCCCCCCC[N+](C)(C)[O-].CCCCCCCCCCCC[N+](C)(C)[O-]. The third kappa shape index (κ3) is 37.2. The van der Waals surface area contributed by atoms with E-state index in [4.69, 9.17) is 0 Å². The fourth-order valence-corrected chi connectivity index (χ4v) is 3.96. The highest BCUT2D eigenvalue weighted by molar-refractivity contribution is 4.48. The summed E-state index contributed by atoms with van der Waals surface area (Å²) in [4.78, 5) is 0. The lowest BCUT2D eigenvalue weighted by Gasteiger charge is -2.33. The molecule has 0 aromatic heterocycles. The van der Waals surface area contributed by atoms with E-state index >= 15 is 0 Å². The molecule has 0 atom stereocenters. The van der Waals surface area contributed by atoms with Crippen molar-refractivity contribution < 1.29 is 9.29 Å². The molecule has 0 N–H and O–H groups in total. The fraction of sp³-hybridized carbons (Fsp3) is 1.00. The molecule has 0 aliphatic heterocycles. The number of nitrogens with zero attached hydrogens (tertiary/aromatic N) is 2. The van der Waals surface area contributed by atoms with Crippen LogP contribution in [0.4, 0.5) is 0 Å². The summed E-state index contributed by atoms with van der Waals surface area (Å²) in [5, 5.41) is 22.6. The first kappa shape index (κ1) is 34.0.